The van der Waals surface area contributed by atoms with Crippen LogP contribution in [0.4, 0.5) is 0 Å². The number of carbonyl (C=O) groups is 1. The highest BCUT2D eigenvalue weighted by molar-refractivity contribution is 5.90. The molecule has 1 amide bonds. The van der Waals surface area contributed by atoms with Crippen molar-refractivity contribution >= 4 is 5.91 Å². The van der Waals surface area contributed by atoms with E-state index in [9.17, 15) is 4.79 Å². The van der Waals surface area contributed by atoms with E-state index in [1.165, 1.54) is 12.8 Å². The lowest BCUT2D eigenvalue weighted by atomic mass is 10.0. The fourth-order valence-corrected chi connectivity index (χ4v) is 2.05. The predicted octanol–water partition coefficient (Wildman–Crippen LogP) is 0.462. The van der Waals surface area contributed by atoms with E-state index in [0.29, 0.717) is 5.92 Å². The van der Waals surface area contributed by atoms with Crippen molar-refractivity contribution in [2.75, 3.05) is 13.1 Å². The second kappa shape index (κ2) is 4.37. The lowest BCUT2D eigenvalue weighted by Crippen LogP contribution is -2.29. The van der Waals surface area contributed by atoms with Gasteiger partial charge in [0.15, 0.2) is 0 Å². The molecule has 0 bridgehead atoms. The maximum Gasteiger partial charge on any atom is 0.295 e. The number of likely N-dealkylation sites (tertiary alicyclic amines) is 1. The fourth-order valence-electron chi connectivity index (χ4n) is 2.05. The maximum atomic E-state index is 11.8. The topological polar surface area (TPSA) is 74.8 Å². The summed E-state index contributed by atoms with van der Waals surface area (Å²) in [4.78, 5) is 13.6. The van der Waals surface area contributed by atoms with Crippen LogP contribution in [0, 0.1) is 5.92 Å². The Morgan fingerprint density at radius 2 is 2.53 bits per heavy atom. The number of hydrogen-bond acceptors (Lipinski definition) is 4. The normalized spacial score (nSPS) is 20.9. The summed E-state index contributed by atoms with van der Waals surface area (Å²) >= 11 is 0. The molecule has 1 saturated heterocycles. The summed E-state index contributed by atoms with van der Waals surface area (Å²) < 4.78 is 0. The van der Waals surface area contributed by atoms with Crippen LogP contribution >= 0.6 is 0 Å². The average molecular weight is 209 g/mol. The van der Waals surface area contributed by atoms with Crippen LogP contribution in [0.1, 0.15) is 36.8 Å². The fraction of sp³-hybridized carbons (Fsp3) is 0.778. The molecule has 1 aromatic heterocycles. The molecular formula is C9H15N5O. The molecule has 1 aliphatic heterocycles. The summed E-state index contributed by atoms with van der Waals surface area (Å²) in [6, 6.07) is 0. The minimum absolute atomic E-state index is 0.109. The van der Waals surface area contributed by atoms with Gasteiger partial charge in [0.05, 0.1) is 0 Å². The van der Waals surface area contributed by atoms with Gasteiger partial charge >= 0.3 is 0 Å². The molecule has 0 aromatic carbocycles. The Labute approximate surface area is 88.0 Å². The Bertz CT molecular complexity index is 323. The van der Waals surface area contributed by atoms with Crippen LogP contribution in [0.2, 0.25) is 0 Å². The number of rotatable bonds is 3. The Morgan fingerprint density at radius 1 is 1.67 bits per heavy atom. The molecule has 2 rings (SSSR count). The number of aromatic amines is 1. The van der Waals surface area contributed by atoms with Crippen LogP contribution in [0.25, 0.3) is 0 Å². The number of hydrogen-bond donors (Lipinski definition) is 1. The van der Waals surface area contributed by atoms with Crippen molar-refractivity contribution in [1.82, 2.24) is 25.5 Å². The zero-order valence-corrected chi connectivity index (χ0v) is 8.81. The van der Waals surface area contributed by atoms with E-state index in [2.05, 4.69) is 27.5 Å². The zero-order chi connectivity index (χ0) is 10.7. The van der Waals surface area contributed by atoms with Crippen molar-refractivity contribution in [3.63, 3.8) is 0 Å². The van der Waals surface area contributed by atoms with Gasteiger partial charge in [-0.25, -0.2) is 0 Å². The van der Waals surface area contributed by atoms with E-state index >= 15 is 0 Å². The standard InChI is InChI=1S/C9H15N5O/c1-2-3-7-4-5-14(6-7)9(15)8-10-12-13-11-8/h7H,2-6H2,1H3,(H,10,11,12,13). The van der Waals surface area contributed by atoms with Gasteiger partial charge in [-0.2, -0.15) is 5.21 Å². The van der Waals surface area contributed by atoms with Crippen molar-refractivity contribution in [3.05, 3.63) is 5.82 Å². The van der Waals surface area contributed by atoms with Crippen molar-refractivity contribution in [3.8, 4) is 0 Å². The molecule has 0 spiro atoms. The number of aromatic nitrogens is 4. The number of nitrogens with one attached hydrogen (secondary N) is 1. The molecule has 6 heteroatoms. The van der Waals surface area contributed by atoms with Gasteiger partial charge in [-0.05, 0) is 24.0 Å². The van der Waals surface area contributed by atoms with Gasteiger partial charge in [-0.3, -0.25) is 4.79 Å². The average Bonchev–Trinajstić information content (AvgIpc) is 2.87. The number of carbonyl (C=O) groups excluding carboxylic acids is 1. The first-order valence-corrected chi connectivity index (χ1v) is 5.34. The van der Waals surface area contributed by atoms with Crippen molar-refractivity contribution in [1.29, 1.82) is 0 Å². The van der Waals surface area contributed by atoms with Gasteiger partial charge in [0.2, 0.25) is 0 Å². The van der Waals surface area contributed by atoms with Gasteiger partial charge in [-0.15, -0.1) is 10.2 Å². The third-order valence-corrected chi connectivity index (χ3v) is 2.81. The van der Waals surface area contributed by atoms with Crippen LogP contribution in [-0.4, -0.2) is 44.5 Å². The quantitative estimate of drug-likeness (QED) is 0.784. The molecule has 0 aliphatic carbocycles. The lowest BCUT2D eigenvalue weighted by Gasteiger charge is -2.13. The molecule has 1 N–H and O–H groups in total. The molecule has 1 aliphatic rings. The minimum Gasteiger partial charge on any atom is -0.336 e. The van der Waals surface area contributed by atoms with Crippen LogP contribution in [0.15, 0.2) is 0 Å². The van der Waals surface area contributed by atoms with E-state index in [1.54, 1.807) is 0 Å². The first-order valence-electron chi connectivity index (χ1n) is 5.34. The molecule has 1 fully saturated rings. The largest absolute Gasteiger partial charge is 0.336 e. The molecular weight excluding hydrogens is 194 g/mol. The zero-order valence-electron chi connectivity index (χ0n) is 8.81. The van der Waals surface area contributed by atoms with E-state index in [4.69, 9.17) is 0 Å². The maximum absolute atomic E-state index is 11.8. The van der Waals surface area contributed by atoms with Crippen LogP contribution in [-0.2, 0) is 0 Å². The molecule has 0 radical (unpaired) electrons. The van der Waals surface area contributed by atoms with E-state index in [-0.39, 0.29) is 11.7 Å². The van der Waals surface area contributed by atoms with Gasteiger partial charge in [0.1, 0.15) is 0 Å². The van der Waals surface area contributed by atoms with Crippen LogP contribution in [0.5, 0.6) is 0 Å². The van der Waals surface area contributed by atoms with E-state index in [1.807, 2.05) is 4.90 Å². The number of tetrazole rings is 1. The van der Waals surface area contributed by atoms with Crippen LogP contribution in [0.3, 0.4) is 0 Å². The molecule has 2 heterocycles. The smallest absolute Gasteiger partial charge is 0.295 e. The van der Waals surface area contributed by atoms with E-state index in [0.717, 1.165) is 19.5 Å². The van der Waals surface area contributed by atoms with Gasteiger partial charge in [0.25, 0.3) is 11.7 Å². The summed E-state index contributed by atoms with van der Waals surface area (Å²) in [5, 5.41) is 13.1. The van der Waals surface area contributed by atoms with Gasteiger partial charge in [-0.1, -0.05) is 13.3 Å². The third kappa shape index (κ3) is 2.14. The summed E-state index contributed by atoms with van der Waals surface area (Å²) in [7, 11) is 0. The highest BCUT2D eigenvalue weighted by Crippen LogP contribution is 2.21. The Kier molecular flexibility index (Phi) is 2.94. The molecule has 1 atom stereocenters. The SMILES string of the molecule is CCCC1CCN(C(=O)c2nn[nH]n2)C1. The number of H-pyrrole nitrogens is 1. The lowest BCUT2D eigenvalue weighted by molar-refractivity contribution is 0.0774. The van der Waals surface area contributed by atoms with Crippen molar-refractivity contribution in [2.24, 2.45) is 5.92 Å². The second-order valence-electron chi connectivity index (χ2n) is 3.93. The first-order chi connectivity index (χ1) is 7.31. The number of amides is 1. The molecule has 82 valence electrons. The Hall–Kier alpha value is -1.46. The minimum atomic E-state index is -0.109. The van der Waals surface area contributed by atoms with Crippen molar-refractivity contribution in [2.45, 2.75) is 26.2 Å². The molecule has 0 saturated carbocycles. The predicted molar refractivity (Wildman–Crippen MR) is 53.1 cm³/mol. The van der Waals surface area contributed by atoms with Crippen molar-refractivity contribution < 1.29 is 4.79 Å². The Morgan fingerprint density at radius 3 is 3.20 bits per heavy atom. The monoisotopic (exact) mass is 209 g/mol. The van der Waals surface area contributed by atoms with Gasteiger partial charge < -0.3 is 4.90 Å². The second-order valence-corrected chi connectivity index (χ2v) is 3.93. The molecule has 1 aromatic rings. The molecule has 6 nitrogen and oxygen atoms in total. The highest BCUT2D eigenvalue weighted by atomic mass is 16.2. The molecule has 15 heavy (non-hydrogen) atoms. The number of nitrogens with zero attached hydrogens (tertiary/aromatic N) is 4. The molecule has 1 unspecified atom stereocenters. The summed E-state index contributed by atoms with van der Waals surface area (Å²) in [5.41, 5.74) is 0. The Balaban J connectivity index is 1.93. The van der Waals surface area contributed by atoms with Gasteiger partial charge in [0, 0.05) is 13.1 Å². The van der Waals surface area contributed by atoms with E-state index < -0.39 is 0 Å². The highest BCUT2D eigenvalue weighted by Gasteiger charge is 2.28. The third-order valence-electron chi connectivity index (χ3n) is 2.81. The van der Waals surface area contributed by atoms with Crippen LogP contribution < -0.4 is 0 Å². The first kappa shape index (κ1) is 10.1. The summed E-state index contributed by atoms with van der Waals surface area (Å²) in [6.07, 6.45) is 3.46. The summed E-state index contributed by atoms with van der Waals surface area (Å²) in [6.45, 7) is 3.82. The summed E-state index contributed by atoms with van der Waals surface area (Å²) in [5.74, 6) is 0.709.